The molecule has 19 heavy (non-hydrogen) atoms. The van der Waals surface area contributed by atoms with Crippen LogP contribution in [0.2, 0.25) is 0 Å². The summed E-state index contributed by atoms with van der Waals surface area (Å²) in [5, 5.41) is 9.03. The maximum absolute atomic E-state index is 4.71. The van der Waals surface area contributed by atoms with Gasteiger partial charge in [-0.1, -0.05) is 31.0 Å². The van der Waals surface area contributed by atoms with Crippen LogP contribution in [0.15, 0.2) is 17.4 Å². The molecule has 1 saturated heterocycles. The number of hydrogen-bond donors (Lipinski definition) is 1. The number of thioether (sulfide) groups is 1. The van der Waals surface area contributed by atoms with Crippen molar-refractivity contribution in [3.05, 3.63) is 18.0 Å². The Morgan fingerprint density at radius 1 is 1.42 bits per heavy atom. The van der Waals surface area contributed by atoms with Crippen molar-refractivity contribution in [2.75, 3.05) is 12.3 Å². The van der Waals surface area contributed by atoms with E-state index in [0.29, 0.717) is 5.54 Å². The second-order valence-electron chi connectivity index (χ2n) is 5.71. The Kier molecular flexibility index (Phi) is 3.82. The molecule has 0 amide bonds. The third-order valence-corrected chi connectivity index (χ3v) is 5.28. The van der Waals surface area contributed by atoms with Crippen LogP contribution in [0.25, 0.3) is 0 Å². The molecule has 1 aromatic heterocycles. The third kappa shape index (κ3) is 3.14. The van der Waals surface area contributed by atoms with Gasteiger partial charge in [0.25, 0.3) is 0 Å². The molecule has 3 rings (SSSR count). The molecule has 0 radical (unpaired) electrons. The van der Waals surface area contributed by atoms with E-state index in [1.54, 1.807) is 0 Å². The molecule has 2 fully saturated rings. The number of nitrogens with one attached hydrogen (secondary N) is 1. The molecule has 1 aliphatic carbocycles. The van der Waals surface area contributed by atoms with Crippen LogP contribution in [0, 0.1) is 0 Å². The fourth-order valence-electron chi connectivity index (χ4n) is 2.98. The van der Waals surface area contributed by atoms with Gasteiger partial charge in [-0.25, -0.2) is 0 Å². The maximum atomic E-state index is 4.71. The molecule has 2 heterocycles. The molecule has 4 nitrogen and oxygen atoms in total. The van der Waals surface area contributed by atoms with Gasteiger partial charge >= 0.3 is 0 Å². The molecule has 104 valence electrons. The highest BCUT2D eigenvalue weighted by Crippen LogP contribution is 2.36. The standard InChI is InChI=1S/C14H22N4S/c1-18-10-12(9-16-18)5-8-15-13-17-14(11-19-13)6-3-2-4-7-14/h9-10H,2-8,11H2,1H3,(H,15,17). The van der Waals surface area contributed by atoms with Gasteiger partial charge in [-0.3, -0.25) is 9.67 Å². The largest absolute Gasteiger partial charge is 0.359 e. The van der Waals surface area contributed by atoms with Crippen LogP contribution >= 0.6 is 11.8 Å². The molecule has 0 atom stereocenters. The van der Waals surface area contributed by atoms with Crippen LogP contribution in [-0.4, -0.2) is 32.8 Å². The second kappa shape index (κ2) is 5.57. The summed E-state index contributed by atoms with van der Waals surface area (Å²) in [6, 6.07) is 0. The van der Waals surface area contributed by atoms with E-state index in [4.69, 9.17) is 4.99 Å². The van der Waals surface area contributed by atoms with Gasteiger partial charge in [0.05, 0.1) is 6.20 Å². The van der Waals surface area contributed by atoms with Crippen molar-refractivity contribution in [3.8, 4) is 0 Å². The van der Waals surface area contributed by atoms with Gasteiger partial charge in [-0.2, -0.15) is 5.10 Å². The molecular weight excluding hydrogens is 256 g/mol. The van der Waals surface area contributed by atoms with E-state index in [-0.39, 0.29) is 0 Å². The molecule has 2 aliphatic rings. The van der Waals surface area contributed by atoms with Crippen molar-refractivity contribution in [2.24, 2.45) is 12.0 Å². The highest BCUT2D eigenvalue weighted by Gasteiger charge is 2.37. The van der Waals surface area contributed by atoms with Crippen LogP contribution in [0.4, 0.5) is 0 Å². The van der Waals surface area contributed by atoms with Crippen LogP contribution in [0.5, 0.6) is 0 Å². The first-order valence-corrected chi connectivity index (χ1v) is 8.17. The number of aryl methyl sites for hydroxylation is 1. The molecule has 0 unspecified atom stereocenters. The maximum Gasteiger partial charge on any atom is 0.157 e. The van der Waals surface area contributed by atoms with E-state index in [0.717, 1.165) is 18.1 Å². The van der Waals surface area contributed by atoms with Crippen LogP contribution < -0.4 is 5.32 Å². The average Bonchev–Trinajstić information content (AvgIpc) is 2.99. The van der Waals surface area contributed by atoms with Gasteiger partial charge in [-0.05, 0) is 24.8 Å². The zero-order chi connectivity index (χ0) is 13.1. The lowest BCUT2D eigenvalue weighted by molar-refractivity contribution is 0.303. The second-order valence-corrected chi connectivity index (χ2v) is 6.68. The van der Waals surface area contributed by atoms with Crippen molar-refractivity contribution in [1.82, 2.24) is 15.1 Å². The van der Waals surface area contributed by atoms with E-state index in [1.165, 1.54) is 43.4 Å². The number of aromatic nitrogens is 2. The number of hydrogen-bond acceptors (Lipinski definition) is 3. The summed E-state index contributed by atoms with van der Waals surface area (Å²) < 4.78 is 1.85. The molecular formula is C14H22N4S. The van der Waals surface area contributed by atoms with Gasteiger partial charge in [0.1, 0.15) is 0 Å². The fraction of sp³-hybridized carbons (Fsp3) is 0.714. The lowest BCUT2D eigenvalue weighted by Crippen LogP contribution is -2.45. The summed E-state index contributed by atoms with van der Waals surface area (Å²) in [4.78, 5) is 4.71. The van der Waals surface area contributed by atoms with Crippen molar-refractivity contribution in [3.63, 3.8) is 0 Å². The van der Waals surface area contributed by atoms with E-state index in [1.807, 2.05) is 29.7 Å². The first kappa shape index (κ1) is 13.0. The summed E-state index contributed by atoms with van der Waals surface area (Å²) in [6.45, 7) is 0.858. The smallest absolute Gasteiger partial charge is 0.157 e. The first-order valence-electron chi connectivity index (χ1n) is 7.19. The normalized spacial score (nSPS) is 23.9. The number of rotatable bonds is 3. The van der Waals surface area contributed by atoms with Crippen molar-refractivity contribution >= 4 is 16.9 Å². The predicted octanol–water partition coefficient (Wildman–Crippen LogP) is 2.36. The quantitative estimate of drug-likeness (QED) is 0.923. The molecule has 1 saturated carbocycles. The van der Waals surface area contributed by atoms with Gasteiger partial charge in [0, 0.05) is 31.1 Å². The molecule has 5 heteroatoms. The summed E-state index contributed by atoms with van der Waals surface area (Å²) in [5.74, 6) is 1.21. The van der Waals surface area contributed by atoms with Gasteiger partial charge in [0.15, 0.2) is 5.17 Å². The van der Waals surface area contributed by atoms with Gasteiger partial charge < -0.3 is 5.32 Å². The predicted molar refractivity (Wildman–Crippen MR) is 80.6 cm³/mol. The highest BCUT2D eigenvalue weighted by atomic mass is 32.2. The Morgan fingerprint density at radius 3 is 3.00 bits per heavy atom. The number of nitrogens with zero attached hydrogens (tertiary/aromatic N) is 3. The molecule has 0 bridgehead atoms. The third-order valence-electron chi connectivity index (χ3n) is 4.08. The SMILES string of the molecule is Cn1cc(CCN=C2NC3(CCCCC3)CS2)cn1. The topological polar surface area (TPSA) is 42.2 Å². The summed E-state index contributed by atoms with van der Waals surface area (Å²) in [6.07, 6.45) is 11.8. The monoisotopic (exact) mass is 278 g/mol. The Bertz CT molecular complexity index is 460. The molecule has 1 aromatic rings. The zero-order valence-corrected chi connectivity index (χ0v) is 12.4. The Labute approximate surface area is 119 Å². The lowest BCUT2D eigenvalue weighted by Gasteiger charge is -2.32. The Hall–Kier alpha value is -0.970. The summed E-state index contributed by atoms with van der Waals surface area (Å²) in [7, 11) is 1.95. The summed E-state index contributed by atoms with van der Waals surface area (Å²) in [5.41, 5.74) is 1.64. The van der Waals surface area contributed by atoms with Crippen molar-refractivity contribution in [1.29, 1.82) is 0 Å². The van der Waals surface area contributed by atoms with E-state index in [9.17, 15) is 0 Å². The number of amidine groups is 1. The van der Waals surface area contributed by atoms with Crippen LogP contribution in [-0.2, 0) is 13.5 Å². The minimum absolute atomic E-state index is 0.371. The number of aliphatic imine (C=N–C) groups is 1. The van der Waals surface area contributed by atoms with E-state index in [2.05, 4.69) is 16.6 Å². The molecule has 0 aromatic carbocycles. The Balaban J connectivity index is 1.51. The highest BCUT2D eigenvalue weighted by molar-refractivity contribution is 8.14. The van der Waals surface area contributed by atoms with Gasteiger partial charge in [0.2, 0.25) is 0 Å². The van der Waals surface area contributed by atoms with Crippen LogP contribution in [0.3, 0.4) is 0 Å². The fourth-order valence-corrected chi connectivity index (χ4v) is 4.22. The van der Waals surface area contributed by atoms with Crippen molar-refractivity contribution in [2.45, 2.75) is 44.1 Å². The average molecular weight is 278 g/mol. The molecule has 1 N–H and O–H groups in total. The Morgan fingerprint density at radius 2 is 2.26 bits per heavy atom. The summed E-state index contributed by atoms with van der Waals surface area (Å²) >= 11 is 1.91. The molecule has 1 aliphatic heterocycles. The minimum atomic E-state index is 0.371. The van der Waals surface area contributed by atoms with Crippen molar-refractivity contribution < 1.29 is 0 Å². The minimum Gasteiger partial charge on any atom is -0.359 e. The van der Waals surface area contributed by atoms with Gasteiger partial charge in [-0.15, -0.1) is 0 Å². The lowest BCUT2D eigenvalue weighted by atomic mass is 9.83. The molecule has 1 spiro atoms. The van der Waals surface area contributed by atoms with E-state index >= 15 is 0 Å². The van der Waals surface area contributed by atoms with Crippen LogP contribution in [0.1, 0.15) is 37.7 Å². The first-order chi connectivity index (χ1) is 9.26. The zero-order valence-electron chi connectivity index (χ0n) is 11.6. The van der Waals surface area contributed by atoms with E-state index < -0.39 is 0 Å².